The number of benzene rings is 1. The Morgan fingerprint density at radius 3 is 2.65 bits per heavy atom. The van der Waals surface area contributed by atoms with Crippen LogP contribution in [0.5, 0.6) is 0 Å². The van der Waals surface area contributed by atoms with Crippen molar-refractivity contribution in [2.24, 2.45) is 5.10 Å². The maximum absolute atomic E-state index is 11.9. The van der Waals surface area contributed by atoms with Crippen molar-refractivity contribution >= 4 is 23.0 Å². The normalized spacial score (nSPS) is 11.5. The highest BCUT2D eigenvalue weighted by atomic mass is 32.1. The first-order chi connectivity index (χ1) is 11.1. The molecule has 2 rings (SSSR count). The lowest BCUT2D eigenvalue weighted by Gasteiger charge is -2.04. The molecule has 1 amide bonds. The number of aryl methyl sites for hydroxylation is 2. The SMILES string of the molecule is CCCCc1ccc(/C(C)=N\NC(=O)Cc2nc(C)cs2)cc1. The van der Waals surface area contributed by atoms with Crippen molar-refractivity contribution in [2.75, 3.05) is 0 Å². The van der Waals surface area contributed by atoms with Gasteiger partial charge in [0.25, 0.3) is 0 Å². The number of amides is 1. The number of hydrogen-bond acceptors (Lipinski definition) is 4. The Labute approximate surface area is 141 Å². The van der Waals surface area contributed by atoms with Crippen molar-refractivity contribution in [1.29, 1.82) is 0 Å². The molecule has 0 unspecified atom stereocenters. The molecule has 0 aliphatic carbocycles. The van der Waals surface area contributed by atoms with Gasteiger partial charge in [-0.25, -0.2) is 10.4 Å². The van der Waals surface area contributed by atoms with Gasteiger partial charge in [0, 0.05) is 11.1 Å². The molecule has 0 spiro atoms. The summed E-state index contributed by atoms with van der Waals surface area (Å²) in [6.45, 7) is 6.01. The van der Waals surface area contributed by atoms with Gasteiger partial charge in [-0.2, -0.15) is 5.10 Å². The van der Waals surface area contributed by atoms with Crippen LogP contribution < -0.4 is 5.43 Å². The average molecular weight is 329 g/mol. The van der Waals surface area contributed by atoms with Crippen molar-refractivity contribution in [3.8, 4) is 0 Å². The van der Waals surface area contributed by atoms with Crippen LogP contribution in [-0.2, 0) is 17.6 Å². The molecule has 122 valence electrons. The Balaban J connectivity index is 1.89. The van der Waals surface area contributed by atoms with E-state index in [1.54, 1.807) is 0 Å². The minimum atomic E-state index is -0.140. The van der Waals surface area contributed by atoms with Gasteiger partial charge in [-0.3, -0.25) is 4.79 Å². The van der Waals surface area contributed by atoms with Crippen LogP contribution in [0, 0.1) is 6.92 Å². The first-order valence-electron chi connectivity index (χ1n) is 7.92. The first kappa shape index (κ1) is 17.3. The fourth-order valence-corrected chi connectivity index (χ4v) is 2.94. The molecule has 0 aliphatic rings. The summed E-state index contributed by atoms with van der Waals surface area (Å²) in [6, 6.07) is 8.37. The van der Waals surface area contributed by atoms with Crippen LogP contribution in [-0.4, -0.2) is 16.6 Å². The highest BCUT2D eigenvalue weighted by molar-refractivity contribution is 7.09. The highest BCUT2D eigenvalue weighted by Gasteiger charge is 2.06. The van der Waals surface area contributed by atoms with Crippen LogP contribution in [0.4, 0.5) is 0 Å². The summed E-state index contributed by atoms with van der Waals surface area (Å²) < 4.78 is 0. The van der Waals surface area contributed by atoms with E-state index in [9.17, 15) is 4.79 Å². The van der Waals surface area contributed by atoms with E-state index in [0.29, 0.717) is 0 Å². The van der Waals surface area contributed by atoms with E-state index in [2.05, 4.69) is 46.7 Å². The van der Waals surface area contributed by atoms with Gasteiger partial charge in [0.15, 0.2) is 0 Å². The molecule has 5 heteroatoms. The molecule has 1 aromatic heterocycles. The van der Waals surface area contributed by atoms with Gasteiger partial charge in [0.1, 0.15) is 5.01 Å². The minimum absolute atomic E-state index is 0.140. The zero-order valence-corrected chi connectivity index (χ0v) is 14.7. The standard InChI is InChI=1S/C18H23N3OS/c1-4-5-6-15-7-9-16(10-8-15)14(3)20-21-17(22)11-18-19-13(2)12-23-18/h7-10,12H,4-6,11H2,1-3H3,(H,21,22)/b20-14-. The van der Waals surface area contributed by atoms with Crippen molar-refractivity contribution < 1.29 is 4.79 Å². The maximum Gasteiger partial charge on any atom is 0.246 e. The Morgan fingerprint density at radius 1 is 1.30 bits per heavy atom. The average Bonchev–Trinajstić information content (AvgIpc) is 2.96. The number of rotatable bonds is 7. The number of unbranched alkanes of at least 4 members (excludes halogenated alkanes) is 1. The second kappa shape index (κ2) is 8.58. The molecule has 2 aromatic rings. The fourth-order valence-electron chi connectivity index (χ4n) is 2.17. The van der Waals surface area contributed by atoms with Gasteiger partial charge in [-0.1, -0.05) is 37.6 Å². The quantitative estimate of drug-likeness (QED) is 0.619. The number of carbonyl (C=O) groups excluding carboxylic acids is 1. The number of nitrogens with one attached hydrogen (secondary N) is 1. The number of aromatic nitrogens is 1. The van der Waals surface area contributed by atoms with Crippen molar-refractivity contribution in [2.45, 2.75) is 46.5 Å². The van der Waals surface area contributed by atoms with E-state index >= 15 is 0 Å². The van der Waals surface area contributed by atoms with Gasteiger partial charge in [-0.05, 0) is 37.8 Å². The highest BCUT2D eigenvalue weighted by Crippen LogP contribution is 2.10. The molecule has 1 aromatic carbocycles. The molecule has 0 aliphatic heterocycles. The molecular formula is C18H23N3OS. The van der Waals surface area contributed by atoms with Gasteiger partial charge in [0.05, 0.1) is 12.1 Å². The molecular weight excluding hydrogens is 306 g/mol. The van der Waals surface area contributed by atoms with Crippen molar-refractivity contribution in [3.63, 3.8) is 0 Å². The smallest absolute Gasteiger partial charge is 0.246 e. The van der Waals surface area contributed by atoms with E-state index in [1.807, 2.05) is 19.2 Å². The third-order valence-electron chi connectivity index (χ3n) is 3.52. The minimum Gasteiger partial charge on any atom is -0.273 e. The summed E-state index contributed by atoms with van der Waals surface area (Å²) in [7, 11) is 0. The van der Waals surface area contributed by atoms with Crippen LogP contribution >= 0.6 is 11.3 Å². The molecule has 0 radical (unpaired) electrons. The Hall–Kier alpha value is -2.01. The number of hydrogen-bond donors (Lipinski definition) is 1. The molecule has 0 fully saturated rings. The van der Waals surface area contributed by atoms with E-state index < -0.39 is 0 Å². The zero-order valence-electron chi connectivity index (χ0n) is 13.9. The van der Waals surface area contributed by atoms with Gasteiger partial charge in [-0.15, -0.1) is 11.3 Å². The second-order valence-corrected chi connectivity index (χ2v) is 6.53. The predicted octanol–water partition coefficient (Wildman–Crippen LogP) is 3.88. The first-order valence-corrected chi connectivity index (χ1v) is 8.80. The molecule has 4 nitrogen and oxygen atoms in total. The second-order valence-electron chi connectivity index (χ2n) is 5.59. The lowest BCUT2D eigenvalue weighted by Crippen LogP contribution is -2.21. The van der Waals surface area contributed by atoms with Gasteiger partial charge >= 0.3 is 0 Å². The van der Waals surface area contributed by atoms with Gasteiger partial charge in [0.2, 0.25) is 5.91 Å². The molecule has 0 atom stereocenters. The lowest BCUT2D eigenvalue weighted by atomic mass is 10.0. The van der Waals surface area contributed by atoms with Crippen molar-refractivity contribution in [3.05, 3.63) is 51.5 Å². The van der Waals surface area contributed by atoms with Gasteiger partial charge < -0.3 is 0 Å². The monoisotopic (exact) mass is 329 g/mol. The summed E-state index contributed by atoms with van der Waals surface area (Å²) in [5.41, 5.74) is 6.71. The topological polar surface area (TPSA) is 54.4 Å². The molecule has 0 saturated carbocycles. The summed E-state index contributed by atoms with van der Waals surface area (Å²) >= 11 is 1.50. The van der Waals surface area contributed by atoms with Crippen LogP contribution in [0.2, 0.25) is 0 Å². The fraction of sp³-hybridized carbons (Fsp3) is 0.389. The van der Waals surface area contributed by atoms with Crippen molar-refractivity contribution in [1.82, 2.24) is 10.4 Å². The van der Waals surface area contributed by atoms with E-state index in [4.69, 9.17) is 0 Å². The van der Waals surface area contributed by atoms with Crippen LogP contribution in [0.15, 0.2) is 34.7 Å². The zero-order chi connectivity index (χ0) is 16.7. The maximum atomic E-state index is 11.9. The Bertz CT molecular complexity index is 674. The number of hydrazone groups is 1. The lowest BCUT2D eigenvalue weighted by molar-refractivity contribution is -0.120. The van der Waals surface area contributed by atoms with Crippen LogP contribution in [0.3, 0.4) is 0 Å². The van der Waals surface area contributed by atoms with E-state index in [-0.39, 0.29) is 12.3 Å². The van der Waals surface area contributed by atoms with E-state index in [1.165, 1.54) is 29.7 Å². The number of nitrogens with zero attached hydrogens (tertiary/aromatic N) is 2. The van der Waals surface area contributed by atoms with E-state index in [0.717, 1.165) is 28.4 Å². The molecule has 1 N–H and O–H groups in total. The summed E-state index contributed by atoms with van der Waals surface area (Å²) in [6.07, 6.45) is 3.79. The molecule has 0 saturated heterocycles. The predicted molar refractivity (Wildman–Crippen MR) is 96.0 cm³/mol. The molecule has 1 heterocycles. The summed E-state index contributed by atoms with van der Waals surface area (Å²) in [4.78, 5) is 16.2. The summed E-state index contributed by atoms with van der Waals surface area (Å²) in [5.74, 6) is -0.140. The third kappa shape index (κ3) is 5.60. The Morgan fingerprint density at radius 2 is 2.04 bits per heavy atom. The third-order valence-corrected chi connectivity index (χ3v) is 4.48. The van der Waals surface area contributed by atoms with Crippen LogP contribution in [0.1, 0.15) is 48.5 Å². The van der Waals surface area contributed by atoms with Crippen LogP contribution in [0.25, 0.3) is 0 Å². The number of carbonyl (C=O) groups is 1. The largest absolute Gasteiger partial charge is 0.273 e. The molecule has 23 heavy (non-hydrogen) atoms. The molecule has 0 bridgehead atoms. The summed E-state index contributed by atoms with van der Waals surface area (Å²) in [5, 5.41) is 6.94. The number of thiazole rings is 1. The Kier molecular flexibility index (Phi) is 6.47.